The number of thioether (sulfide) groups is 2. The number of carbonyl (C=O) groups excluding carboxylic acids is 1. The number of hydrogen-bond donors (Lipinski definition) is 0. The maximum absolute atomic E-state index is 12.4. The highest BCUT2D eigenvalue weighted by Gasteiger charge is 2.33. The van der Waals surface area contributed by atoms with E-state index in [0.29, 0.717) is 17.0 Å². The highest BCUT2D eigenvalue weighted by molar-refractivity contribution is 8.07. The molecule has 1 aliphatic heterocycles. The molecule has 1 saturated heterocycles. The molecule has 0 amide bonds. The molecular weight excluding hydrogens is 236 g/mol. The lowest BCUT2D eigenvalue weighted by Gasteiger charge is -2.33. The van der Waals surface area contributed by atoms with Crippen LogP contribution in [0.25, 0.3) is 0 Å². The lowest BCUT2D eigenvalue weighted by molar-refractivity contribution is -0.123. The van der Waals surface area contributed by atoms with Crippen molar-refractivity contribution in [2.45, 2.75) is 38.4 Å². The van der Waals surface area contributed by atoms with Crippen LogP contribution in [0.1, 0.15) is 33.1 Å². The third-order valence-electron chi connectivity index (χ3n) is 3.71. The minimum absolute atomic E-state index is 0.307. The van der Waals surface area contributed by atoms with E-state index in [0.717, 1.165) is 30.4 Å². The SMILES string of the molecule is CC1CC(C)CC(C(=O)C2CSCCS2)C1. The second kappa shape index (κ2) is 5.81. The van der Waals surface area contributed by atoms with Gasteiger partial charge in [-0.3, -0.25) is 4.79 Å². The number of carbonyl (C=O) groups is 1. The van der Waals surface area contributed by atoms with Crippen LogP contribution in [0.15, 0.2) is 0 Å². The van der Waals surface area contributed by atoms with Gasteiger partial charge in [0.1, 0.15) is 5.78 Å². The van der Waals surface area contributed by atoms with Gasteiger partial charge < -0.3 is 0 Å². The highest BCUT2D eigenvalue weighted by atomic mass is 32.2. The first-order valence-corrected chi connectivity index (χ1v) is 8.60. The molecule has 3 atom stereocenters. The second-order valence-electron chi connectivity index (χ2n) is 5.45. The van der Waals surface area contributed by atoms with Crippen LogP contribution in [0.4, 0.5) is 0 Å². The zero-order valence-corrected chi connectivity index (χ0v) is 11.9. The molecule has 2 fully saturated rings. The number of rotatable bonds is 2. The second-order valence-corrected chi connectivity index (χ2v) is 7.91. The summed E-state index contributed by atoms with van der Waals surface area (Å²) in [6.07, 6.45) is 3.60. The smallest absolute Gasteiger partial charge is 0.149 e. The van der Waals surface area contributed by atoms with Gasteiger partial charge in [-0.1, -0.05) is 13.8 Å². The molecule has 0 aromatic carbocycles. The largest absolute Gasteiger partial charge is 0.298 e. The Morgan fingerprint density at radius 2 is 1.75 bits per heavy atom. The molecule has 0 aromatic rings. The predicted octanol–water partition coefficient (Wildman–Crippen LogP) is 3.48. The lowest BCUT2D eigenvalue weighted by atomic mass is 9.74. The van der Waals surface area contributed by atoms with Crippen molar-refractivity contribution in [3.63, 3.8) is 0 Å². The van der Waals surface area contributed by atoms with Crippen LogP contribution in [0, 0.1) is 17.8 Å². The first kappa shape index (κ1) is 12.8. The van der Waals surface area contributed by atoms with Crippen LogP contribution >= 0.6 is 23.5 Å². The maximum Gasteiger partial charge on any atom is 0.149 e. The van der Waals surface area contributed by atoms with Crippen LogP contribution < -0.4 is 0 Å². The monoisotopic (exact) mass is 258 g/mol. The minimum Gasteiger partial charge on any atom is -0.298 e. The van der Waals surface area contributed by atoms with Gasteiger partial charge in [0, 0.05) is 23.2 Å². The molecule has 0 aromatic heterocycles. The topological polar surface area (TPSA) is 17.1 Å². The Kier molecular flexibility index (Phi) is 4.66. The van der Waals surface area contributed by atoms with E-state index in [4.69, 9.17) is 0 Å². The number of ketones is 1. The van der Waals surface area contributed by atoms with Crippen LogP contribution in [0.3, 0.4) is 0 Å². The summed E-state index contributed by atoms with van der Waals surface area (Å²) in [6, 6.07) is 0. The minimum atomic E-state index is 0.307. The summed E-state index contributed by atoms with van der Waals surface area (Å²) in [6.45, 7) is 4.61. The number of Topliss-reactive ketones (excluding diaryl/α,β-unsaturated/α-hetero) is 1. The fourth-order valence-electron chi connectivity index (χ4n) is 3.09. The van der Waals surface area contributed by atoms with Gasteiger partial charge in [0.2, 0.25) is 0 Å². The van der Waals surface area contributed by atoms with Crippen molar-refractivity contribution in [2.24, 2.45) is 17.8 Å². The Bertz CT molecular complexity index is 238. The molecule has 0 bridgehead atoms. The summed E-state index contributed by atoms with van der Waals surface area (Å²) >= 11 is 3.85. The van der Waals surface area contributed by atoms with Crippen LogP contribution in [0.2, 0.25) is 0 Å². The van der Waals surface area contributed by atoms with Crippen molar-refractivity contribution in [3.05, 3.63) is 0 Å². The average molecular weight is 258 g/mol. The van der Waals surface area contributed by atoms with Gasteiger partial charge in [-0.05, 0) is 31.1 Å². The van der Waals surface area contributed by atoms with E-state index in [9.17, 15) is 4.79 Å². The predicted molar refractivity (Wildman–Crippen MR) is 74.2 cm³/mol. The standard InChI is InChI=1S/C13H22OS2/c1-9-5-10(2)7-11(6-9)13(14)12-8-15-3-4-16-12/h9-12H,3-8H2,1-2H3. The molecular formula is C13H22OS2. The van der Waals surface area contributed by atoms with Crippen molar-refractivity contribution in [1.82, 2.24) is 0 Å². The van der Waals surface area contributed by atoms with E-state index in [1.165, 1.54) is 17.9 Å². The van der Waals surface area contributed by atoms with E-state index in [-0.39, 0.29) is 0 Å². The average Bonchev–Trinajstić information content (AvgIpc) is 2.28. The molecule has 1 aliphatic carbocycles. The van der Waals surface area contributed by atoms with Crippen LogP contribution in [0.5, 0.6) is 0 Å². The van der Waals surface area contributed by atoms with E-state index in [1.807, 2.05) is 23.5 Å². The molecule has 1 nitrogen and oxygen atoms in total. The summed E-state index contributed by atoms with van der Waals surface area (Å²) in [5, 5.41) is 0.307. The molecule has 2 aliphatic rings. The summed E-state index contributed by atoms with van der Waals surface area (Å²) in [7, 11) is 0. The molecule has 0 spiro atoms. The molecule has 0 radical (unpaired) electrons. The van der Waals surface area contributed by atoms with Gasteiger partial charge >= 0.3 is 0 Å². The Morgan fingerprint density at radius 1 is 1.06 bits per heavy atom. The maximum atomic E-state index is 12.4. The molecule has 0 N–H and O–H groups in total. The van der Waals surface area contributed by atoms with Crippen molar-refractivity contribution in [3.8, 4) is 0 Å². The highest BCUT2D eigenvalue weighted by Crippen LogP contribution is 2.36. The van der Waals surface area contributed by atoms with Crippen LogP contribution in [-0.2, 0) is 4.79 Å². The Morgan fingerprint density at radius 3 is 2.31 bits per heavy atom. The van der Waals surface area contributed by atoms with Gasteiger partial charge in [0.15, 0.2) is 0 Å². The quantitative estimate of drug-likeness (QED) is 0.755. The first-order chi connectivity index (χ1) is 7.66. The van der Waals surface area contributed by atoms with Crippen molar-refractivity contribution < 1.29 is 4.79 Å². The first-order valence-electron chi connectivity index (χ1n) is 6.40. The molecule has 16 heavy (non-hydrogen) atoms. The van der Waals surface area contributed by atoms with E-state index < -0.39 is 0 Å². The lowest BCUT2D eigenvalue weighted by Crippen LogP contribution is -2.34. The molecule has 1 heterocycles. The van der Waals surface area contributed by atoms with Gasteiger partial charge in [-0.2, -0.15) is 11.8 Å². The normalized spacial score (nSPS) is 40.6. The zero-order valence-electron chi connectivity index (χ0n) is 10.3. The Labute approximate surface area is 108 Å². The summed E-state index contributed by atoms with van der Waals surface area (Å²) < 4.78 is 0. The Balaban J connectivity index is 1.92. The number of hydrogen-bond acceptors (Lipinski definition) is 3. The molecule has 3 unspecified atom stereocenters. The van der Waals surface area contributed by atoms with E-state index in [1.54, 1.807) is 0 Å². The van der Waals surface area contributed by atoms with Gasteiger partial charge in [-0.25, -0.2) is 0 Å². The fourth-order valence-corrected chi connectivity index (χ4v) is 5.81. The van der Waals surface area contributed by atoms with Gasteiger partial charge in [0.05, 0.1) is 5.25 Å². The molecule has 92 valence electrons. The molecule has 2 rings (SSSR count). The third-order valence-corrected chi connectivity index (χ3v) is 6.49. The third kappa shape index (κ3) is 3.19. The molecule has 3 heteroatoms. The summed E-state index contributed by atoms with van der Waals surface area (Å²) in [5.41, 5.74) is 0. The van der Waals surface area contributed by atoms with Gasteiger partial charge in [-0.15, -0.1) is 11.8 Å². The zero-order chi connectivity index (χ0) is 11.5. The van der Waals surface area contributed by atoms with Crippen LogP contribution in [-0.4, -0.2) is 28.3 Å². The Hall–Kier alpha value is 0.370. The summed E-state index contributed by atoms with van der Waals surface area (Å²) in [4.78, 5) is 12.4. The summed E-state index contributed by atoms with van der Waals surface area (Å²) in [5.74, 6) is 5.89. The van der Waals surface area contributed by atoms with Crippen molar-refractivity contribution in [1.29, 1.82) is 0 Å². The van der Waals surface area contributed by atoms with Crippen molar-refractivity contribution >= 4 is 29.3 Å². The van der Waals surface area contributed by atoms with Gasteiger partial charge in [0.25, 0.3) is 0 Å². The van der Waals surface area contributed by atoms with Crippen molar-refractivity contribution in [2.75, 3.05) is 17.3 Å². The molecule has 1 saturated carbocycles. The fraction of sp³-hybridized carbons (Fsp3) is 0.923. The van der Waals surface area contributed by atoms with E-state index in [2.05, 4.69) is 13.8 Å². The van der Waals surface area contributed by atoms with E-state index >= 15 is 0 Å².